The number of carbonyl (C=O) groups is 2. The molecule has 0 spiro atoms. The predicted octanol–water partition coefficient (Wildman–Crippen LogP) is 1.42. The van der Waals surface area contributed by atoms with Crippen molar-refractivity contribution in [3.05, 3.63) is 0 Å². The molecular weight excluding hydrogens is 234 g/mol. The number of carboxylic acid groups (broad SMARTS) is 1. The van der Waals surface area contributed by atoms with Gasteiger partial charge in [-0.15, -0.1) is 0 Å². The van der Waals surface area contributed by atoms with E-state index in [1.807, 2.05) is 20.8 Å². The normalized spacial score (nSPS) is 23.9. The van der Waals surface area contributed by atoms with Crippen LogP contribution in [-0.2, 0) is 14.3 Å². The summed E-state index contributed by atoms with van der Waals surface area (Å²) in [5.74, 6) is -1.08. The fourth-order valence-electron chi connectivity index (χ4n) is 2.34. The van der Waals surface area contributed by atoms with Crippen molar-refractivity contribution >= 4 is 11.9 Å². The van der Waals surface area contributed by atoms with Gasteiger partial charge < -0.3 is 15.2 Å². The lowest BCUT2D eigenvalue weighted by Crippen LogP contribution is -2.45. The zero-order chi connectivity index (χ0) is 13.8. The maximum Gasteiger partial charge on any atom is 0.311 e. The van der Waals surface area contributed by atoms with Gasteiger partial charge in [-0.1, -0.05) is 13.8 Å². The summed E-state index contributed by atoms with van der Waals surface area (Å²) < 4.78 is 5.34. The van der Waals surface area contributed by atoms with Crippen LogP contribution in [0.4, 0.5) is 0 Å². The van der Waals surface area contributed by atoms with E-state index in [1.54, 1.807) is 0 Å². The van der Waals surface area contributed by atoms with Crippen LogP contribution in [0, 0.1) is 11.3 Å². The van der Waals surface area contributed by atoms with E-state index in [2.05, 4.69) is 5.32 Å². The second-order valence-corrected chi connectivity index (χ2v) is 4.98. The van der Waals surface area contributed by atoms with Crippen LogP contribution in [0.2, 0.25) is 0 Å². The fourth-order valence-corrected chi connectivity index (χ4v) is 2.34. The molecule has 1 rings (SSSR count). The summed E-state index contributed by atoms with van der Waals surface area (Å²) >= 11 is 0. The maximum absolute atomic E-state index is 12.0. The van der Waals surface area contributed by atoms with E-state index in [0.717, 1.165) is 0 Å². The van der Waals surface area contributed by atoms with Crippen LogP contribution >= 0.6 is 0 Å². The Balaban J connectivity index is 2.57. The van der Waals surface area contributed by atoms with Gasteiger partial charge in [0.25, 0.3) is 0 Å². The first-order valence-electron chi connectivity index (χ1n) is 6.59. The first kappa shape index (κ1) is 15.0. The molecule has 1 amide bonds. The van der Waals surface area contributed by atoms with E-state index in [0.29, 0.717) is 25.9 Å². The number of rotatable bonds is 6. The molecule has 2 atom stereocenters. The molecule has 1 aliphatic rings. The number of hydrogen-bond acceptors (Lipinski definition) is 3. The van der Waals surface area contributed by atoms with Crippen molar-refractivity contribution in [2.45, 2.75) is 46.1 Å². The van der Waals surface area contributed by atoms with Gasteiger partial charge in [0.05, 0.1) is 17.4 Å². The molecule has 0 aromatic carbocycles. The van der Waals surface area contributed by atoms with Gasteiger partial charge in [0.15, 0.2) is 0 Å². The molecule has 104 valence electrons. The predicted molar refractivity (Wildman–Crippen MR) is 67.2 cm³/mol. The molecule has 0 radical (unpaired) electrons. The molecule has 0 aliphatic carbocycles. The summed E-state index contributed by atoms with van der Waals surface area (Å²) in [5.41, 5.74) is -0.849. The Morgan fingerprint density at radius 2 is 2.00 bits per heavy atom. The van der Waals surface area contributed by atoms with Gasteiger partial charge in [-0.05, 0) is 26.2 Å². The van der Waals surface area contributed by atoms with Crippen LogP contribution in [0.15, 0.2) is 0 Å². The van der Waals surface area contributed by atoms with E-state index < -0.39 is 11.4 Å². The molecule has 0 bridgehead atoms. The maximum atomic E-state index is 12.0. The van der Waals surface area contributed by atoms with E-state index in [-0.39, 0.29) is 24.5 Å². The van der Waals surface area contributed by atoms with Gasteiger partial charge in [-0.25, -0.2) is 0 Å². The Kier molecular flexibility index (Phi) is 5.14. The Morgan fingerprint density at radius 1 is 1.39 bits per heavy atom. The van der Waals surface area contributed by atoms with Gasteiger partial charge in [0.2, 0.25) is 5.91 Å². The molecular formula is C13H23NO4. The third-order valence-electron chi connectivity index (χ3n) is 4.12. The van der Waals surface area contributed by atoms with E-state index >= 15 is 0 Å². The highest BCUT2D eigenvalue weighted by molar-refractivity contribution is 5.81. The Labute approximate surface area is 108 Å². The van der Waals surface area contributed by atoms with Crippen LogP contribution < -0.4 is 5.32 Å². The lowest BCUT2D eigenvalue weighted by Gasteiger charge is -2.27. The summed E-state index contributed by atoms with van der Waals surface area (Å²) in [5, 5.41) is 12.1. The zero-order valence-electron chi connectivity index (χ0n) is 11.4. The number of aliphatic carboxylic acids is 1. The average Bonchev–Trinajstić information content (AvgIpc) is 2.77. The van der Waals surface area contributed by atoms with Crippen molar-refractivity contribution in [2.75, 3.05) is 13.2 Å². The number of carbonyl (C=O) groups excluding carboxylic acids is 1. The van der Waals surface area contributed by atoms with Crippen LogP contribution in [0.5, 0.6) is 0 Å². The first-order valence-corrected chi connectivity index (χ1v) is 6.59. The van der Waals surface area contributed by atoms with Crippen molar-refractivity contribution in [1.29, 1.82) is 0 Å². The van der Waals surface area contributed by atoms with Gasteiger partial charge in [-0.2, -0.15) is 0 Å². The number of hydrogen-bond donors (Lipinski definition) is 2. The number of carboxylic acids is 1. The van der Waals surface area contributed by atoms with E-state index in [4.69, 9.17) is 4.74 Å². The van der Waals surface area contributed by atoms with Crippen molar-refractivity contribution in [1.82, 2.24) is 5.32 Å². The minimum atomic E-state index is -0.849. The Morgan fingerprint density at radius 3 is 2.39 bits per heavy atom. The lowest BCUT2D eigenvalue weighted by atomic mass is 9.82. The van der Waals surface area contributed by atoms with Gasteiger partial charge in [-0.3, -0.25) is 9.59 Å². The smallest absolute Gasteiger partial charge is 0.311 e. The van der Waals surface area contributed by atoms with Crippen molar-refractivity contribution in [3.63, 3.8) is 0 Å². The molecule has 1 heterocycles. The monoisotopic (exact) mass is 257 g/mol. The highest BCUT2D eigenvalue weighted by atomic mass is 16.5. The van der Waals surface area contributed by atoms with Crippen LogP contribution in [0.25, 0.3) is 0 Å². The Bertz CT molecular complexity index is 312. The molecule has 18 heavy (non-hydrogen) atoms. The molecule has 1 fully saturated rings. The molecule has 0 aromatic rings. The second kappa shape index (κ2) is 6.18. The molecule has 2 N–H and O–H groups in total. The lowest BCUT2D eigenvalue weighted by molar-refractivity contribution is -0.149. The van der Waals surface area contributed by atoms with Crippen molar-refractivity contribution in [2.24, 2.45) is 11.3 Å². The Hall–Kier alpha value is -1.10. The molecule has 5 nitrogen and oxygen atoms in total. The van der Waals surface area contributed by atoms with Gasteiger partial charge in [0, 0.05) is 13.2 Å². The number of nitrogens with one attached hydrogen (secondary N) is 1. The topological polar surface area (TPSA) is 75.6 Å². The molecule has 0 saturated carbocycles. The van der Waals surface area contributed by atoms with Gasteiger partial charge in [0.1, 0.15) is 0 Å². The summed E-state index contributed by atoms with van der Waals surface area (Å²) in [6.45, 7) is 6.35. The van der Waals surface area contributed by atoms with Crippen LogP contribution in [-0.4, -0.2) is 36.2 Å². The van der Waals surface area contributed by atoms with E-state index in [1.165, 1.54) is 0 Å². The van der Waals surface area contributed by atoms with Crippen molar-refractivity contribution < 1.29 is 19.4 Å². The fraction of sp³-hybridized carbons (Fsp3) is 0.846. The van der Waals surface area contributed by atoms with Crippen LogP contribution in [0.3, 0.4) is 0 Å². The quantitative estimate of drug-likeness (QED) is 0.754. The molecule has 0 aromatic heterocycles. The summed E-state index contributed by atoms with van der Waals surface area (Å²) in [7, 11) is 0. The SMILES string of the molecule is CCC(CC)(CNC(=O)C1CCOC1C)C(=O)O. The summed E-state index contributed by atoms with van der Waals surface area (Å²) in [6, 6.07) is 0. The van der Waals surface area contributed by atoms with E-state index in [9.17, 15) is 14.7 Å². The summed E-state index contributed by atoms with van der Waals surface area (Å²) in [6.07, 6.45) is 1.66. The average molecular weight is 257 g/mol. The van der Waals surface area contributed by atoms with Crippen molar-refractivity contribution in [3.8, 4) is 0 Å². The molecule has 1 aliphatic heterocycles. The molecule has 1 saturated heterocycles. The molecule has 2 unspecified atom stereocenters. The minimum Gasteiger partial charge on any atom is -0.481 e. The zero-order valence-corrected chi connectivity index (χ0v) is 11.4. The first-order chi connectivity index (χ1) is 8.46. The third kappa shape index (κ3) is 3.02. The minimum absolute atomic E-state index is 0.0764. The third-order valence-corrected chi connectivity index (χ3v) is 4.12. The number of ether oxygens (including phenoxy) is 1. The molecule has 5 heteroatoms. The van der Waals surface area contributed by atoms with Gasteiger partial charge >= 0.3 is 5.97 Å². The van der Waals surface area contributed by atoms with Crippen LogP contribution in [0.1, 0.15) is 40.0 Å². The summed E-state index contributed by atoms with van der Waals surface area (Å²) in [4.78, 5) is 23.3. The number of amides is 1. The highest BCUT2D eigenvalue weighted by Gasteiger charge is 2.37. The standard InChI is InChI=1S/C13H23NO4/c1-4-13(5-2,12(16)17)8-14-11(15)10-6-7-18-9(10)3/h9-10H,4-8H2,1-3H3,(H,14,15)(H,16,17). The highest BCUT2D eigenvalue weighted by Crippen LogP contribution is 2.26. The largest absolute Gasteiger partial charge is 0.481 e. The second-order valence-electron chi connectivity index (χ2n) is 4.98.